The highest BCUT2D eigenvalue weighted by Gasteiger charge is 2.33. The SMILES string of the molecule is O=C(Cn1ncc2scc(-c3ccc(Cl)c(C(F)(F)F)c3)c2c1=O)N1CCCC1. The zero-order valence-electron chi connectivity index (χ0n) is 15.0. The molecular formula is C19H15ClF3N3O2S. The number of rotatable bonds is 3. The first kappa shape index (κ1) is 19.9. The van der Waals surface area contributed by atoms with Crippen LogP contribution in [0.5, 0.6) is 0 Å². The summed E-state index contributed by atoms with van der Waals surface area (Å²) < 4.78 is 41.3. The summed E-state index contributed by atoms with van der Waals surface area (Å²) in [5.74, 6) is -0.195. The molecule has 0 aliphatic carbocycles. The van der Waals surface area contributed by atoms with Gasteiger partial charge in [0.25, 0.3) is 5.56 Å². The normalized spacial score (nSPS) is 14.7. The fourth-order valence-corrected chi connectivity index (χ4v) is 4.57. The van der Waals surface area contributed by atoms with E-state index >= 15 is 0 Å². The molecule has 2 aromatic heterocycles. The molecular weight excluding hydrogens is 427 g/mol. The van der Waals surface area contributed by atoms with E-state index in [1.54, 1.807) is 10.3 Å². The van der Waals surface area contributed by atoms with Crippen molar-refractivity contribution in [1.82, 2.24) is 14.7 Å². The third kappa shape index (κ3) is 3.76. The number of aromatic nitrogens is 2. The van der Waals surface area contributed by atoms with Crippen molar-refractivity contribution in [3.05, 3.63) is 50.7 Å². The van der Waals surface area contributed by atoms with Gasteiger partial charge in [-0.05, 0) is 30.5 Å². The molecule has 0 atom stereocenters. The average molecular weight is 442 g/mol. The number of thiophene rings is 1. The number of carbonyl (C=O) groups excluding carboxylic acids is 1. The number of nitrogens with zero attached hydrogens (tertiary/aromatic N) is 3. The van der Waals surface area contributed by atoms with Crippen LogP contribution in [0.25, 0.3) is 21.2 Å². The summed E-state index contributed by atoms with van der Waals surface area (Å²) in [7, 11) is 0. The van der Waals surface area contributed by atoms with Crippen LogP contribution in [0, 0.1) is 0 Å². The summed E-state index contributed by atoms with van der Waals surface area (Å²) >= 11 is 6.91. The van der Waals surface area contributed by atoms with Crippen LogP contribution >= 0.6 is 22.9 Å². The van der Waals surface area contributed by atoms with Crippen molar-refractivity contribution in [2.75, 3.05) is 13.1 Å². The summed E-state index contributed by atoms with van der Waals surface area (Å²) in [6.45, 7) is 1.12. The Balaban J connectivity index is 1.77. The number of hydrogen-bond acceptors (Lipinski definition) is 4. The highest BCUT2D eigenvalue weighted by atomic mass is 35.5. The van der Waals surface area contributed by atoms with E-state index in [2.05, 4.69) is 5.10 Å². The number of fused-ring (bicyclic) bond motifs is 1. The number of hydrogen-bond donors (Lipinski definition) is 0. The zero-order chi connectivity index (χ0) is 20.8. The Morgan fingerprint density at radius 1 is 1.24 bits per heavy atom. The van der Waals surface area contributed by atoms with E-state index in [4.69, 9.17) is 11.6 Å². The summed E-state index contributed by atoms with van der Waals surface area (Å²) in [5, 5.41) is 5.52. The highest BCUT2D eigenvalue weighted by Crippen LogP contribution is 2.39. The van der Waals surface area contributed by atoms with E-state index in [0.717, 1.165) is 23.6 Å². The van der Waals surface area contributed by atoms with Crippen molar-refractivity contribution in [2.45, 2.75) is 25.6 Å². The number of halogens is 4. The lowest BCUT2D eigenvalue weighted by Crippen LogP contribution is -2.35. The van der Waals surface area contributed by atoms with Crippen molar-refractivity contribution in [3.63, 3.8) is 0 Å². The predicted octanol–water partition coefficient (Wildman–Crippen LogP) is 4.42. The fourth-order valence-electron chi connectivity index (χ4n) is 3.42. The predicted molar refractivity (Wildman–Crippen MR) is 105 cm³/mol. The maximum atomic E-state index is 13.2. The molecule has 0 unspecified atom stereocenters. The summed E-state index contributed by atoms with van der Waals surface area (Å²) in [6.07, 6.45) is -1.29. The van der Waals surface area contributed by atoms with Crippen LogP contribution in [0.1, 0.15) is 18.4 Å². The maximum Gasteiger partial charge on any atom is 0.417 e. The molecule has 5 nitrogen and oxygen atoms in total. The Morgan fingerprint density at radius 2 is 1.97 bits per heavy atom. The minimum Gasteiger partial charge on any atom is -0.341 e. The quantitative estimate of drug-likeness (QED) is 0.604. The Morgan fingerprint density at radius 3 is 2.66 bits per heavy atom. The van der Waals surface area contributed by atoms with E-state index in [9.17, 15) is 22.8 Å². The van der Waals surface area contributed by atoms with E-state index in [0.29, 0.717) is 23.4 Å². The van der Waals surface area contributed by atoms with Crippen molar-refractivity contribution in [2.24, 2.45) is 0 Å². The average Bonchev–Trinajstić information content (AvgIpc) is 3.33. The lowest BCUT2D eigenvalue weighted by Gasteiger charge is -2.15. The van der Waals surface area contributed by atoms with Crippen LogP contribution < -0.4 is 5.56 Å². The maximum absolute atomic E-state index is 13.2. The third-order valence-corrected chi connectivity index (χ3v) is 6.16. The third-order valence-electron chi connectivity index (χ3n) is 4.91. The molecule has 29 heavy (non-hydrogen) atoms. The number of likely N-dealkylation sites (tertiary alicyclic amines) is 1. The minimum atomic E-state index is -4.61. The Hall–Kier alpha value is -2.39. The van der Waals surface area contributed by atoms with Crippen LogP contribution in [0.3, 0.4) is 0 Å². The van der Waals surface area contributed by atoms with Crippen LogP contribution in [-0.4, -0.2) is 33.7 Å². The first-order chi connectivity index (χ1) is 13.8. The molecule has 152 valence electrons. The number of alkyl halides is 3. The molecule has 0 radical (unpaired) electrons. The van der Waals surface area contributed by atoms with Gasteiger partial charge in [0.05, 0.1) is 26.9 Å². The molecule has 0 N–H and O–H groups in total. The standard InChI is InChI=1S/C19H15ClF3N3O2S/c20-14-4-3-11(7-13(14)19(21,22)23)12-10-29-15-8-24-26(18(28)17(12)15)9-16(27)25-5-1-2-6-25/h3-4,7-8,10H,1-2,5-6,9H2. The Labute approximate surface area is 172 Å². The molecule has 1 amide bonds. The second-order valence-electron chi connectivity index (χ2n) is 6.78. The van der Waals surface area contributed by atoms with Crippen LogP contribution in [-0.2, 0) is 17.5 Å². The van der Waals surface area contributed by atoms with E-state index in [1.165, 1.54) is 29.7 Å². The number of benzene rings is 1. The van der Waals surface area contributed by atoms with Gasteiger partial charge in [-0.2, -0.15) is 18.3 Å². The monoisotopic (exact) mass is 441 g/mol. The van der Waals surface area contributed by atoms with E-state index in [-0.39, 0.29) is 23.4 Å². The van der Waals surface area contributed by atoms with Crippen molar-refractivity contribution in [3.8, 4) is 11.1 Å². The molecule has 1 aromatic carbocycles. The number of amides is 1. The van der Waals surface area contributed by atoms with Gasteiger partial charge in [-0.1, -0.05) is 17.7 Å². The van der Waals surface area contributed by atoms with E-state index in [1.807, 2.05) is 0 Å². The van der Waals surface area contributed by atoms with Crippen LogP contribution in [0.4, 0.5) is 13.2 Å². The Bertz CT molecular complexity index is 1150. The summed E-state index contributed by atoms with van der Waals surface area (Å²) in [6, 6.07) is 3.54. The fraction of sp³-hybridized carbons (Fsp3) is 0.316. The van der Waals surface area contributed by atoms with Gasteiger partial charge in [0, 0.05) is 24.0 Å². The number of carbonyl (C=O) groups is 1. The molecule has 4 rings (SSSR count). The molecule has 0 spiro atoms. The smallest absolute Gasteiger partial charge is 0.341 e. The summed E-state index contributed by atoms with van der Waals surface area (Å²) in [4.78, 5) is 27.0. The lowest BCUT2D eigenvalue weighted by atomic mass is 10.0. The van der Waals surface area contributed by atoms with Gasteiger partial charge >= 0.3 is 6.18 Å². The van der Waals surface area contributed by atoms with Gasteiger partial charge in [-0.25, -0.2) is 4.68 Å². The van der Waals surface area contributed by atoms with Gasteiger partial charge in [0.2, 0.25) is 5.91 Å². The minimum absolute atomic E-state index is 0.195. The molecule has 10 heteroatoms. The van der Waals surface area contributed by atoms with E-state index < -0.39 is 22.3 Å². The lowest BCUT2D eigenvalue weighted by molar-refractivity contribution is -0.137. The summed E-state index contributed by atoms with van der Waals surface area (Å²) in [5.41, 5.74) is -0.875. The van der Waals surface area contributed by atoms with Gasteiger partial charge in [0.15, 0.2) is 0 Å². The van der Waals surface area contributed by atoms with Gasteiger partial charge < -0.3 is 4.90 Å². The van der Waals surface area contributed by atoms with Crippen LogP contribution in [0.2, 0.25) is 5.02 Å². The molecule has 3 heterocycles. The van der Waals surface area contributed by atoms with Crippen LogP contribution in [0.15, 0.2) is 34.6 Å². The van der Waals surface area contributed by atoms with Crippen molar-refractivity contribution >= 4 is 38.9 Å². The second kappa shape index (κ2) is 7.46. The molecule has 3 aromatic rings. The molecule has 1 aliphatic rings. The van der Waals surface area contributed by atoms with Gasteiger partial charge in [-0.3, -0.25) is 9.59 Å². The Kier molecular flexibility index (Phi) is 5.12. The molecule has 1 saturated heterocycles. The van der Waals surface area contributed by atoms with Crippen molar-refractivity contribution < 1.29 is 18.0 Å². The topological polar surface area (TPSA) is 55.2 Å². The molecule has 1 aliphatic heterocycles. The zero-order valence-corrected chi connectivity index (χ0v) is 16.6. The molecule has 0 bridgehead atoms. The molecule has 1 fully saturated rings. The van der Waals surface area contributed by atoms with Gasteiger partial charge in [0.1, 0.15) is 6.54 Å². The van der Waals surface area contributed by atoms with Crippen molar-refractivity contribution in [1.29, 1.82) is 0 Å². The second-order valence-corrected chi connectivity index (χ2v) is 8.09. The molecule has 0 saturated carbocycles. The first-order valence-electron chi connectivity index (χ1n) is 8.88. The largest absolute Gasteiger partial charge is 0.417 e. The van der Waals surface area contributed by atoms with Gasteiger partial charge in [-0.15, -0.1) is 11.3 Å². The first-order valence-corrected chi connectivity index (χ1v) is 10.1. The highest BCUT2D eigenvalue weighted by molar-refractivity contribution is 7.17.